The molecular weight excluding hydrogens is 922 g/mol. The second-order valence-corrected chi connectivity index (χ2v) is 17.6. The SMILES string of the molecule is CCCC1CCC(C2CCC(c3ccc(C)cc3)CC2)CC1.CCCC1CCC(C2CCC(c3ccc(OCF)cc3)CC2)CC1.FC=C(F)F.FC=C(F)F.FCI.[Na+].[OH-]. The molecule has 344 valence electrons. The average Bonchev–Trinajstić information content (AvgIpc) is 3.26. The van der Waals surface area contributed by atoms with Gasteiger partial charge in [-0.3, -0.25) is 0 Å². The van der Waals surface area contributed by atoms with Gasteiger partial charge in [0.05, 0.1) is 0 Å². The molecule has 61 heavy (non-hydrogen) atoms. The van der Waals surface area contributed by atoms with Crippen LogP contribution in [0.25, 0.3) is 0 Å². The predicted octanol–water partition coefficient (Wildman–Crippen LogP) is 15.3. The number of alkyl halides is 3. The van der Waals surface area contributed by atoms with Crippen molar-refractivity contribution in [3.8, 4) is 5.75 Å². The summed E-state index contributed by atoms with van der Waals surface area (Å²) in [7, 11) is 0. The number of halogens is 9. The monoisotopic (exact) mass is 994 g/mol. The molecule has 0 amide bonds. The van der Waals surface area contributed by atoms with Crippen LogP contribution in [0.2, 0.25) is 0 Å². The van der Waals surface area contributed by atoms with E-state index in [1.807, 2.05) is 12.1 Å². The van der Waals surface area contributed by atoms with E-state index in [4.69, 9.17) is 4.74 Å². The van der Waals surface area contributed by atoms with Gasteiger partial charge in [0, 0.05) is 0 Å². The zero-order chi connectivity index (χ0) is 43.4. The molecule has 0 aromatic heterocycles. The minimum absolute atomic E-state index is 0. The molecule has 0 aliphatic heterocycles. The third-order valence-corrected chi connectivity index (χ3v) is 13.3. The zero-order valence-corrected chi connectivity index (χ0v) is 41.4. The van der Waals surface area contributed by atoms with Gasteiger partial charge in [-0.1, -0.05) is 107 Å². The Morgan fingerprint density at radius 1 is 0.557 bits per heavy atom. The van der Waals surface area contributed by atoms with E-state index in [0.29, 0.717) is 11.7 Å². The maximum atomic E-state index is 12.2. The summed E-state index contributed by atoms with van der Waals surface area (Å²) in [6, 6.07) is 17.4. The molecule has 4 aliphatic carbocycles. The van der Waals surface area contributed by atoms with Gasteiger partial charge < -0.3 is 10.2 Å². The van der Waals surface area contributed by atoms with Gasteiger partial charge in [0.2, 0.25) is 6.86 Å². The van der Waals surface area contributed by atoms with Crippen LogP contribution in [-0.4, -0.2) is 17.0 Å². The quantitative estimate of drug-likeness (QED) is 0.103. The molecule has 0 heterocycles. The first-order valence-electron chi connectivity index (χ1n) is 22.2. The molecule has 0 atom stereocenters. The number of ether oxygens (including phenoxy) is 1. The average molecular weight is 995 g/mol. The van der Waals surface area contributed by atoms with Gasteiger partial charge in [-0.05, 0) is 177 Å². The van der Waals surface area contributed by atoms with Crippen molar-refractivity contribution in [1.82, 2.24) is 0 Å². The van der Waals surface area contributed by atoms with Crippen LogP contribution in [0.4, 0.5) is 35.1 Å². The summed E-state index contributed by atoms with van der Waals surface area (Å²) in [5.74, 6) is 8.33. The van der Waals surface area contributed by atoms with E-state index in [-0.39, 0.29) is 39.7 Å². The summed E-state index contributed by atoms with van der Waals surface area (Å²) in [5, 5.41) is 0. The van der Waals surface area contributed by atoms with E-state index in [1.165, 1.54) is 140 Å². The molecule has 0 bridgehead atoms. The van der Waals surface area contributed by atoms with E-state index in [2.05, 4.69) is 57.2 Å². The summed E-state index contributed by atoms with van der Waals surface area (Å²) in [4.78, 5) is 0. The topological polar surface area (TPSA) is 39.2 Å². The van der Waals surface area contributed by atoms with Crippen molar-refractivity contribution in [3.05, 3.63) is 90.0 Å². The molecule has 2 aromatic rings. The van der Waals surface area contributed by atoms with Gasteiger partial charge in [-0.25, -0.2) is 17.6 Å². The van der Waals surface area contributed by atoms with Crippen molar-refractivity contribution in [2.75, 3.05) is 11.5 Å². The Morgan fingerprint density at radius 2 is 0.836 bits per heavy atom. The summed E-state index contributed by atoms with van der Waals surface area (Å²) in [5.41, 5.74) is 4.39. The van der Waals surface area contributed by atoms with Crippen LogP contribution in [0.5, 0.6) is 5.75 Å². The van der Waals surface area contributed by atoms with Crippen molar-refractivity contribution in [2.45, 2.75) is 161 Å². The van der Waals surface area contributed by atoms with E-state index in [1.54, 1.807) is 28.2 Å². The van der Waals surface area contributed by atoms with Gasteiger partial charge in [0.1, 0.15) is 10.4 Å². The molecule has 0 spiro atoms. The van der Waals surface area contributed by atoms with Crippen molar-refractivity contribution in [3.63, 3.8) is 0 Å². The van der Waals surface area contributed by atoms with E-state index in [9.17, 15) is 35.1 Å². The molecule has 4 saturated carbocycles. The number of hydrogen-bond donors (Lipinski definition) is 0. The first-order valence-corrected chi connectivity index (χ1v) is 23.7. The minimum atomic E-state index is -2.29. The van der Waals surface area contributed by atoms with Crippen LogP contribution in [0.3, 0.4) is 0 Å². The van der Waals surface area contributed by atoms with Crippen LogP contribution in [0, 0.1) is 42.4 Å². The van der Waals surface area contributed by atoms with Crippen LogP contribution in [0.15, 0.2) is 73.4 Å². The van der Waals surface area contributed by atoms with Gasteiger partial charge >= 0.3 is 29.6 Å². The standard InChI is InChI=1S/C22H33FO.C22H34.2C2HF3.CH2FI.Na.H2O/c1-2-3-17-4-6-18(7-5-17)19-8-10-20(11-9-19)21-12-14-22(15-13-21)24-16-23;1-3-4-18-7-11-20(12-8-18)22-15-13-21(14-16-22)19-9-5-17(2)6-10-19;2*3-1-2(4)5;2-1-3;;/h12-15,17-20H,2-11,16H2,1H3;5-6,9-10,18,20-22H,3-4,7-8,11-16H2,1-2H3;2*1H;1H2;;1H2/q;;;;;+1;/p-1. The smallest absolute Gasteiger partial charge is 0.870 e. The molecule has 0 unspecified atom stereocenters. The first-order chi connectivity index (χ1) is 28.5. The molecule has 4 aliphatic rings. The van der Waals surface area contributed by atoms with Gasteiger partial charge in [0.15, 0.2) is 12.7 Å². The summed E-state index contributed by atoms with van der Waals surface area (Å²) < 4.78 is 88.5. The van der Waals surface area contributed by atoms with Crippen LogP contribution < -0.4 is 34.3 Å². The maximum absolute atomic E-state index is 12.2. The number of rotatable bonds is 10. The van der Waals surface area contributed by atoms with Crippen molar-refractivity contribution >= 4 is 22.6 Å². The molecule has 2 nitrogen and oxygen atoms in total. The normalized spacial score (nSPS) is 25.4. The summed E-state index contributed by atoms with van der Waals surface area (Å²) in [6.45, 7) is 6.11. The second kappa shape index (κ2) is 36.1. The molecule has 0 saturated heterocycles. The Hall–Kier alpha value is -1.15. The van der Waals surface area contributed by atoms with E-state index in [0.717, 1.165) is 41.4 Å². The van der Waals surface area contributed by atoms with Crippen molar-refractivity contribution < 1.29 is 74.9 Å². The first kappa shape index (κ1) is 59.9. The molecule has 0 radical (unpaired) electrons. The molecule has 12 heteroatoms. The molecule has 4 fully saturated rings. The Balaban J connectivity index is 0.000000897. The van der Waals surface area contributed by atoms with Crippen LogP contribution in [-0.2, 0) is 0 Å². The number of benzene rings is 2. The third-order valence-electron chi connectivity index (χ3n) is 13.3. The Labute approximate surface area is 398 Å². The largest absolute Gasteiger partial charge is 1.00 e. The Kier molecular flexibility index (Phi) is 35.4. The third kappa shape index (κ3) is 24.6. The maximum Gasteiger partial charge on any atom is 1.00 e. The summed E-state index contributed by atoms with van der Waals surface area (Å²) in [6.07, 6.45) is 22.9. The van der Waals surface area contributed by atoms with E-state index < -0.39 is 31.7 Å². The fourth-order valence-electron chi connectivity index (χ4n) is 10.3. The molecular formula is C49H72F8INaO2. The van der Waals surface area contributed by atoms with Crippen molar-refractivity contribution in [2.24, 2.45) is 35.5 Å². The Morgan fingerprint density at radius 3 is 1.10 bits per heavy atom. The van der Waals surface area contributed by atoms with Crippen LogP contribution >= 0.6 is 22.6 Å². The molecule has 2 aromatic carbocycles. The fourth-order valence-corrected chi connectivity index (χ4v) is 10.3. The Bertz CT molecular complexity index is 1360. The fraction of sp³-hybridized carbons (Fsp3) is 0.673. The number of aryl methyl sites for hydroxylation is 1. The summed E-state index contributed by atoms with van der Waals surface area (Å²) >= 11 is 1.62. The van der Waals surface area contributed by atoms with Crippen LogP contribution in [0.1, 0.15) is 171 Å². The van der Waals surface area contributed by atoms with Crippen molar-refractivity contribution in [1.29, 1.82) is 0 Å². The van der Waals surface area contributed by atoms with Gasteiger partial charge in [-0.15, -0.1) is 0 Å². The number of hydrogen-bond acceptors (Lipinski definition) is 2. The molecule has 1 N–H and O–H groups in total. The van der Waals surface area contributed by atoms with Gasteiger partial charge in [0.25, 0.3) is 12.2 Å². The predicted molar refractivity (Wildman–Crippen MR) is 239 cm³/mol. The second-order valence-electron chi connectivity index (χ2n) is 17.0. The minimum Gasteiger partial charge on any atom is -0.870 e. The van der Waals surface area contributed by atoms with E-state index >= 15 is 0 Å². The zero-order valence-electron chi connectivity index (χ0n) is 37.2. The van der Waals surface area contributed by atoms with Gasteiger partial charge in [-0.2, -0.15) is 17.6 Å². The molecule has 6 rings (SSSR count).